The minimum absolute atomic E-state index is 0.0911. The maximum absolute atomic E-state index is 12.0. The Morgan fingerprint density at radius 2 is 2.39 bits per heavy atom. The maximum atomic E-state index is 12.0. The van der Waals surface area contributed by atoms with Crippen LogP contribution in [0.4, 0.5) is 5.82 Å². The number of aromatic nitrogens is 1. The molecule has 0 bridgehead atoms. The molecule has 6 heteroatoms. The Balaban J connectivity index is 2.15. The Labute approximate surface area is 111 Å². The summed E-state index contributed by atoms with van der Waals surface area (Å²) in [6.07, 6.45) is 1.99. The van der Waals surface area contributed by atoms with Gasteiger partial charge in [0.25, 0.3) is 0 Å². The van der Waals surface area contributed by atoms with Gasteiger partial charge in [-0.1, -0.05) is 18.5 Å². The molecule has 1 unspecified atom stereocenters. The van der Waals surface area contributed by atoms with Crippen LogP contribution in [0.5, 0.6) is 0 Å². The summed E-state index contributed by atoms with van der Waals surface area (Å²) < 4.78 is 0. The van der Waals surface area contributed by atoms with Crippen molar-refractivity contribution in [2.75, 3.05) is 12.0 Å². The Bertz CT molecular complexity index is 452. The van der Waals surface area contributed by atoms with Crippen LogP contribution in [0.15, 0.2) is 12.1 Å². The van der Waals surface area contributed by atoms with E-state index in [2.05, 4.69) is 10.4 Å². The zero-order chi connectivity index (χ0) is 13.1. The number of piperidine rings is 1. The van der Waals surface area contributed by atoms with Crippen LogP contribution in [0.2, 0.25) is 5.02 Å². The van der Waals surface area contributed by atoms with Crippen LogP contribution < -0.4 is 11.3 Å². The first kappa shape index (κ1) is 13.1. The molecule has 18 heavy (non-hydrogen) atoms. The zero-order valence-electron chi connectivity index (χ0n) is 10.3. The van der Waals surface area contributed by atoms with Gasteiger partial charge >= 0.3 is 0 Å². The summed E-state index contributed by atoms with van der Waals surface area (Å²) >= 11 is 6.09. The Morgan fingerprint density at radius 3 is 3.11 bits per heavy atom. The summed E-state index contributed by atoms with van der Waals surface area (Å²) in [6, 6.07) is 3.43. The van der Waals surface area contributed by atoms with Gasteiger partial charge in [0, 0.05) is 12.5 Å². The molecule has 1 aromatic rings. The fourth-order valence-corrected chi connectivity index (χ4v) is 2.31. The number of nitrogens with one attached hydrogen (secondary N) is 1. The van der Waals surface area contributed by atoms with Crippen LogP contribution in [0, 0.1) is 5.92 Å². The van der Waals surface area contributed by atoms with E-state index in [9.17, 15) is 4.79 Å². The molecule has 1 atom stereocenters. The highest BCUT2D eigenvalue weighted by atomic mass is 35.5. The third-order valence-electron chi connectivity index (χ3n) is 3.21. The molecule has 1 amide bonds. The van der Waals surface area contributed by atoms with Gasteiger partial charge in [0.05, 0.1) is 17.3 Å². The summed E-state index contributed by atoms with van der Waals surface area (Å²) in [5, 5.41) is 0.556. The topological polar surface area (TPSA) is 71.2 Å². The number of hydrogen-bond acceptors (Lipinski definition) is 4. The van der Waals surface area contributed by atoms with Crippen LogP contribution in [-0.2, 0) is 11.3 Å². The lowest BCUT2D eigenvalue weighted by Crippen LogP contribution is -2.39. The van der Waals surface area contributed by atoms with Crippen molar-refractivity contribution in [2.24, 2.45) is 11.8 Å². The molecule has 0 saturated carbocycles. The van der Waals surface area contributed by atoms with E-state index in [1.54, 1.807) is 12.1 Å². The molecule has 1 aliphatic heterocycles. The molecular formula is C12H17ClN4O. The predicted molar refractivity (Wildman–Crippen MR) is 70.9 cm³/mol. The lowest BCUT2D eigenvalue weighted by atomic mass is 9.99. The van der Waals surface area contributed by atoms with Crippen molar-refractivity contribution >= 4 is 23.3 Å². The van der Waals surface area contributed by atoms with Gasteiger partial charge in [-0.3, -0.25) is 4.79 Å². The molecule has 98 valence electrons. The van der Waals surface area contributed by atoms with E-state index >= 15 is 0 Å². The average molecular weight is 269 g/mol. The summed E-state index contributed by atoms with van der Waals surface area (Å²) in [5.41, 5.74) is 3.15. The Kier molecular flexibility index (Phi) is 4.04. The number of hydrazine groups is 1. The number of carbonyl (C=O) groups is 1. The molecule has 1 saturated heterocycles. The molecule has 0 radical (unpaired) electrons. The Hall–Kier alpha value is -1.33. The number of nitrogens with two attached hydrogens (primary N) is 1. The van der Waals surface area contributed by atoms with E-state index in [0.717, 1.165) is 19.4 Å². The lowest BCUT2D eigenvalue weighted by molar-refractivity contribution is -0.138. The van der Waals surface area contributed by atoms with Crippen molar-refractivity contribution in [1.29, 1.82) is 0 Å². The highest BCUT2D eigenvalue weighted by molar-refractivity contribution is 6.31. The fourth-order valence-electron chi connectivity index (χ4n) is 2.15. The summed E-state index contributed by atoms with van der Waals surface area (Å²) in [6.45, 7) is 3.17. The van der Waals surface area contributed by atoms with Crippen molar-refractivity contribution in [3.8, 4) is 0 Å². The van der Waals surface area contributed by atoms with Gasteiger partial charge in [0.2, 0.25) is 5.91 Å². The number of likely N-dealkylation sites (tertiary alicyclic amines) is 1. The highest BCUT2D eigenvalue weighted by Crippen LogP contribution is 2.22. The van der Waals surface area contributed by atoms with Gasteiger partial charge in [0.1, 0.15) is 5.82 Å². The molecule has 1 aromatic heterocycles. The number of rotatable bonds is 3. The van der Waals surface area contributed by atoms with Crippen molar-refractivity contribution in [3.63, 3.8) is 0 Å². The molecule has 0 aromatic carbocycles. The van der Waals surface area contributed by atoms with Crippen molar-refractivity contribution in [3.05, 3.63) is 22.8 Å². The maximum Gasteiger partial charge on any atom is 0.225 e. The van der Waals surface area contributed by atoms with Crippen LogP contribution in [0.25, 0.3) is 0 Å². The number of carbonyl (C=O) groups excluding carboxylic acids is 1. The monoisotopic (exact) mass is 268 g/mol. The van der Waals surface area contributed by atoms with Crippen molar-refractivity contribution < 1.29 is 4.79 Å². The second kappa shape index (κ2) is 5.54. The van der Waals surface area contributed by atoms with Crippen LogP contribution in [-0.4, -0.2) is 22.3 Å². The number of pyridine rings is 1. The third-order valence-corrected chi connectivity index (χ3v) is 3.55. The number of nitrogen functional groups attached to an aromatic ring is 1. The molecule has 1 fully saturated rings. The van der Waals surface area contributed by atoms with E-state index < -0.39 is 0 Å². The molecule has 0 spiro atoms. The minimum atomic E-state index is 0.0911. The van der Waals surface area contributed by atoms with E-state index in [1.807, 2.05) is 11.8 Å². The first-order valence-electron chi connectivity index (χ1n) is 6.02. The number of halogens is 1. The number of anilines is 1. The normalized spacial score (nSPS) is 20.1. The van der Waals surface area contributed by atoms with E-state index in [1.165, 1.54) is 0 Å². The fraction of sp³-hybridized carbons (Fsp3) is 0.500. The lowest BCUT2D eigenvalue weighted by Gasteiger charge is -2.30. The van der Waals surface area contributed by atoms with Crippen molar-refractivity contribution in [2.45, 2.75) is 26.3 Å². The molecular weight excluding hydrogens is 252 g/mol. The van der Waals surface area contributed by atoms with Gasteiger partial charge < -0.3 is 10.3 Å². The van der Waals surface area contributed by atoms with Crippen LogP contribution in [0.3, 0.4) is 0 Å². The third kappa shape index (κ3) is 2.73. The van der Waals surface area contributed by atoms with Gasteiger partial charge in [-0.2, -0.15) is 0 Å². The molecule has 2 heterocycles. The minimum Gasteiger partial charge on any atom is -0.337 e. The number of amides is 1. The first-order chi connectivity index (χ1) is 8.61. The van der Waals surface area contributed by atoms with E-state index in [4.69, 9.17) is 17.4 Å². The molecule has 5 nitrogen and oxygen atoms in total. The zero-order valence-corrected chi connectivity index (χ0v) is 11.1. The smallest absolute Gasteiger partial charge is 0.225 e. The summed E-state index contributed by atoms with van der Waals surface area (Å²) in [7, 11) is 0. The van der Waals surface area contributed by atoms with E-state index in [-0.39, 0.29) is 11.8 Å². The van der Waals surface area contributed by atoms with Gasteiger partial charge in [-0.15, -0.1) is 0 Å². The number of hydrogen-bond donors (Lipinski definition) is 2. The van der Waals surface area contributed by atoms with Gasteiger partial charge in [0.15, 0.2) is 0 Å². The standard InChI is InChI=1S/C12H17ClN4O/c1-8-3-2-6-17(12(8)18)7-10-9(13)4-5-11(15-10)16-14/h4-5,8H,2-3,6-7,14H2,1H3,(H,15,16). The average Bonchev–Trinajstić information content (AvgIpc) is 2.37. The van der Waals surface area contributed by atoms with Crippen molar-refractivity contribution in [1.82, 2.24) is 9.88 Å². The predicted octanol–water partition coefficient (Wildman–Crippen LogP) is 1.78. The second-order valence-corrected chi connectivity index (χ2v) is 4.98. The molecule has 0 aliphatic carbocycles. The highest BCUT2D eigenvalue weighted by Gasteiger charge is 2.25. The van der Waals surface area contributed by atoms with Crippen LogP contribution in [0.1, 0.15) is 25.5 Å². The van der Waals surface area contributed by atoms with Gasteiger partial charge in [-0.25, -0.2) is 10.8 Å². The first-order valence-corrected chi connectivity index (χ1v) is 6.40. The number of nitrogens with zero attached hydrogens (tertiary/aromatic N) is 2. The molecule has 2 rings (SSSR count). The summed E-state index contributed by atoms with van der Waals surface area (Å²) in [4.78, 5) is 18.1. The van der Waals surface area contributed by atoms with E-state index in [0.29, 0.717) is 23.1 Å². The quantitative estimate of drug-likeness (QED) is 0.648. The molecule has 1 aliphatic rings. The largest absolute Gasteiger partial charge is 0.337 e. The summed E-state index contributed by atoms with van der Waals surface area (Å²) in [5.74, 6) is 6.13. The van der Waals surface area contributed by atoms with Gasteiger partial charge in [-0.05, 0) is 25.0 Å². The Morgan fingerprint density at radius 1 is 1.61 bits per heavy atom. The molecule has 3 N–H and O–H groups in total. The van der Waals surface area contributed by atoms with Crippen LogP contribution >= 0.6 is 11.6 Å². The second-order valence-electron chi connectivity index (χ2n) is 4.57. The SMILES string of the molecule is CC1CCCN(Cc2nc(NN)ccc2Cl)C1=O.